The Hall–Kier alpha value is -2.88. The quantitative estimate of drug-likeness (QED) is 0.367. The Balaban J connectivity index is 1.57. The van der Waals surface area contributed by atoms with Gasteiger partial charge >= 0.3 is 11.9 Å². The summed E-state index contributed by atoms with van der Waals surface area (Å²) in [5, 5.41) is 0. The number of benzene rings is 2. The van der Waals surface area contributed by atoms with Crippen LogP contribution in [0.25, 0.3) is 11.1 Å². The van der Waals surface area contributed by atoms with E-state index in [1.165, 1.54) is 33.4 Å². The fraction of sp³-hybridized carbons (Fsp3) is 0.360. The average molecular weight is 392 g/mol. The number of carbonyl (C=O) groups excluding carboxylic acids is 2. The Bertz CT molecular complexity index is 969. The first-order valence-electron chi connectivity index (χ1n) is 9.93. The number of aryl methyl sites for hydroxylation is 2. The number of hydrogen-bond donors (Lipinski definition) is 0. The van der Waals surface area contributed by atoms with Crippen molar-refractivity contribution in [3.05, 3.63) is 70.8 Å². The molecule has 1 aliphatic carbocycles. The maximum Gasteiger partial charge on any atom is 0.335 e. The molecule has 152 valence electrons. The molecule has 0 amide bonds. The van der Waals surface area contributed by atoms with Crippen molar-refractivity contribution in [2.75, 3.05) is 6.79 Å². The second-order valence-corrected chi connectivity index (χ2v) is 8.25. The molecule has 2 aromatic rings. The molecule has 0 fully saturated rings. The van der Waals surface area contributed by atoms with Gasteiger partial charge in [-0.15, -0.1) is 0 Å². The molecule has 2 aromatic carbocycles. The molecular weight excluding hydrogens is 364 g/mol. The van der Waals surface area contributed by atoms with Crippen LogP contribution in [-0.2, 0) is 30.9 Å². The van der Waals surface area contributed by atoms with Crippen molar-refractivity contribution in [1.82, 2.24) is 0 Å². The summed E-state index contributed by atoms with van der Waals surface area (Å²) in [7, 11) is 0. The Labute approximate surface area is 172 Å². The highest BCUT2D eigenvalue weighted by molar-refractivity contribution is 5.87. The number of carbonyl (C=O) groups is 2. The Morgan fingerprint density at radius 2 is 1.66 bits per heavy atom. The van der Waals surface area contributed by atoms with Crippen LogP contribution in [0.4, 0.5) is 0 Å². The van der Waals surface area contributed by atoms with E-state index in [2.05, 4.69) is 63.7 Å². The van der Waals surface area contributed by atoms with Gasteiger partial charge in [-0.25, -0.2) is 4.79 Å². The maximum atomic E-state index is 11.8. The highest BCUT2D eigenvalue weighted by Gasteiger charge is 2.35. The number of fused-ring (bicyclic) bond motifs is 3. The third-order valence-corrected chi connectivity index (χ3v) is 5.50. The fourth-order valence-electron chi connectivity index (χ4n) is 3.83. The molecule has 29 heavy (non-hydrogen) atoms. The highest BCUT2D eigenvalue weighted by atomic mass is 16.7. The number of ether oxygens (including phenoxy) is 2. The van der Waals surface area contributed by atoms with E-state index in [4.69, 9.17) is 9.47 Å². The lowest BCUT2D eigenvalue weighted by Gasteiger charge is -2.22. The van der Waals surface area contributed by atoms with Crippen LogP contribution >= 0.6 is 0 Å². The molecule has 0 saturated heterocycles. The summed E-state index contributed by atoms with van der Waals surface area (Å²) in [6.45, 7) is 11.3. The van der Waals surface area contributed by atoms with Crippen LogP contribution < -0.4 is 0 Å². The lowest BCUT2D eigenvalue weighted by atomic mass is 9.81. The summed E-state index contributed by atoms with van der Waals surface area (Å²) in [5.41, 5.74) is 8.06. The van der Waals surface area contributed by atoms with Gasteiger partial charge in [-0.05, 0) is 54.5 Å². The molecule has 0 heterocycles. The van der Waals surface area contributed by atoms with E-state index in [9.17, 15) is 9.59 Å². The third-order valence-electron chi connectivity index (χ3n) is 5.50. The summed E-state index contributed by atoms with van der Waals surface area (Å²) in [5.74, 6) is -0.932. The van der Waals surface area contributed by atoms with Crippen molar-refractivity contribution in [1.29, 1.82) is 0 Å². The van der Waals surface area contributed by atoms with E-state index in [-0.39, 0.29) is 30.2 Å². The Kier molecular flexibility index (Phi) is 5.92. The molecule has 0 aliphatic heterocycles. The van der Waals surface area contributed by atoms with Gasteiger partial charge in [0.25, 0.3) is 0 Å². The molecule has 3 rings (SSSR count). The number of hydrogen-bond acceptors (Lipinski definition) is 4. The van der Waals surface area contributed by atoms with Crippen molar-refractivity contribution < 1.29 is 19.1 Å². The molecule has 4 heteroatoms. The van der Waals surface area contributed by atoms with Gasteiger partial charge in [0.15, 0.2) is 0 Å². The zero-order valence-corrected chi connectivity index (χ0v) is 17.6. The second-order valence-electron chi connectivity index (χ2n) is 8.25. The largest absolute Gasteiger partial charge is 0.428 e. The summed E-state index contributed by atoms with van der Waals surface area (Å²) >= 11 is 0. The molecule has 1 aliphatic rings. The summed E-state index contributed by atoms with van der Waals surface area (Å²) < 4.78 is 9.71. The van der Waals surface area contributed by atoms with E-state index in [0.29, 0.717) is 6.42 Å². The van der Waals surface area contributed by atoms with Crippen LogP contribution in [0.3, 0.4) is 0 Å². The molecule has 0 N–H and O–H groups in total. The second kappa shape index (κ2) is 8.24. The van der Waals surface area contributed by atoms with Crippen LogP contribution in [0.2, 0.25) is 0 Å². The lowest BCUT2D eigenvalue weighted by Crippen LogP contribution is -2.15. The van der Waals surface area contributed by atoms with E-state index >= 15 is 0 Å². The number of rotatable bonds is 7. The van der Waals surface area contributed by atoms with Crippen molar-refractivity contribution >= 4 is 11.9 Å². The van der Waals surface area contributed by atoms with Gasteiger partial charge < -0.3 is 9.47 Å². The van der Waals surface area contributed by atoms with Crippen LogP contribution in [-0.4, -0.2) is 18.7 Å². The van der Waals surface area contributed by atoms with Gasteiger partial charge in [0, 0.05) is 17.4 Å². The first-order valence-corrected chi connectivity index (χ1v) is 9.93. The Morgan fingerprint density at radius 1 is 1.00 bits per heavy atom. The molecule has 0 bridgehead atoms. The van der Waals surface area contributed by atoms with Crippen LogP contribution in [0.15, 0.2) is 48.6 Å². The van der Waals surface area contributed by atoms with E-state index in [0.717, 1.165) is 6.42 Å². The summed E-state index contributed by atoms with van der Waals surface area (Å²) in [6.07, 6.45) is 1.75. The van der Waals surface area contributed by atoms with Crippen molar-refractivity contribution in [3.63, 3.8) is 0 Å². The monoisotopic (exact) mass is 392 g/mol. The third kappa shape index (κ3) is 4.42. The van der Waals surface area contributed by atoms with Gasteiger partial charge in [-0.3, -0.25) is 4.79 Å². The van der Waals surface area contributed by atoms with Gasteiger partial charge in [0.2, 0.25) is 6.79 Å². The van der Waals surface area contributed by atoms with Crippen molar-refractivity contribution in [2.45, 2.75) is 52.4 Å². The normalized spacial score (nSPS) is 13.4. The number of esters is 2. The lowest BCUT2D eigenvalue weighted by molar-refractivity contribution is -0.164. The van der Waals surface area contributed by atoms with Gasteiger partial charge in [0.05, 0.1) is 0 Å². The van der Waals surface area contributed by atoms with E-state index in [1.807, 2.05) is 0 Å². The smallest absolute Gasteiger partial charge is 0.335 e. The Morgan fingerprint density at radius 3 is 2.34 bits per heavy atom. The molecule has 0 radical (unpaired) electrons. The fourth-order valence-corrected chi connectivity index (χ4v) is 3.83. The van der Waals surface area contributed by atoms with Gasteiger partial charge in [-0.1, -0.05) is 62.4 Å². The standard InChI is InChI=1S/C25H28O4/c1-16(2)24(27)29-15-28-23(26)8-6-7-18-10-12-20-19-11-9-17(3)13-21(19)25(4,5)22(20)14-18/h9-14H,1,6-8,15H2,2-5H3. The van der Waals surface area contributed by atoms with Crippen LogP contribution in [0, 0.1) is 6.92 Å². The molecule has 0 unspecified atom stereocenters. The summed E-state index contributed by atoms with van der Waals surface area (Å²) in [4.78, 5) is 23.1. The van der Waals surface area contributed by atoms with Gasteiger partial charge in [-0.2, -0.15) is 0 Å². The predicted octanol–water partition coefficient (Wildman–Crippen LogP) is 5.24. The predicted molar refractivity (Wildman–Crippen MR) is 114 cm³/mol. The molecule has 0 saturated carbocycles. The average Bonchev–Trinajstić information content (AvgIpc) is 2.88. The van der Waals surface area contributed by atoms with E-state index < -0.39 is 5.97 Å². The molecule has 4 nitrogen and oxygen atoms in total. The molecule has 0 atom stereocenters. The zero-order chi connectivity index (χ0) is 21.2. The zero-order valence-electron chi connectivity index (χ0n) is 17.6. The maximum absolute atomic E-state index is 11.8. The van der Waals surface area contributed by atoms with Gasteiger partial charge in [0.1, 0.15) is 0 Å². The van der Waals surface area contributed by atoms with Crippen molar-refractivity contribution in [2.24, 2.45) is 0 Å². The summed E-state index contributed by atoms with van der Waals surface area (Å²) in [6, 6.07) is 13.3. The van der Waals surface area contributed by atoms with E-state index in [1.54, 1.807) is 6.92 Å². The topological polar surface area (TPSA) is 52.6 Å². The first kappa shape index (κ1) is 20.8. The first-order chi connectivity index (χ1) is 13.7. The minimum Gasteiger partial charge on any atom is -0.428 e. The SMILES string of the molecule is C=C(C)C(=O)OCOC(=O)CCCc1ccc2c(c1)C(C)(C)c1cc(C)ccc1-2. The highest BCUT2D eigenvalue weighted by Crippen LogP contribution is 2.49. The van der Waals surface area contributed by atoms with Crippen molar-refractivity contribution in [3.8, 4) is 11.1 Å². The minimum atomic E-state index is -0.560. The van der Waals surface area contributed by atoms with Crippen LogP contribution in [0.5, 0.6) is 0 Å². The minimum absolute atomic E-state index is 0.0290. The molecule has 0 aromatic heterocycles. The van der Waals surface area contributed by atoms with Crippen LogP contribution in [0.1, 0.15) is 55.9 Å². The molecular formula is C25H28O4. The molecule has 0 spiro atoms.